The minimum absolute atomic E-state index is 0.0789. The maximum Gasteiger partial charge on any atom is 0.320 e. The summed E-state index contributed by atoms with van der Waals surface area (Å²) in [6, 6.07) is 7.56. The smallest absolute Gasteiger partial charge is 0.320 e. The van der Waals surface area contributed by atoms with Gasteiger partial charge in [0, 0.05) is 10.0 Å². The van der Waals surface area contributed by atoms with Gasteiger partial charge in [-0.1, -0.05) is 34.1 Å². The molecular weight excluding hydrogens is 234 g/mol. The fraction of sp³-hybridized carbons (Fsp3) is 0.222. The first-order valence-electron chi connectivity index (χ1n) is 3.83. The van der Waals surface area contributed by atoms with Gasteiger partial charge in [0.2, 0.25) is 0 Å². The van der Waals surface area contributed by atoms with E-state index < -0.39 is 5.97 Å². The zero-order valence-electron chi connectivity index (χ0n) is 7.00. The van der Waals surface area contributed by atoms with Crippen LogP contribution in [0.4, 0.5) is 0 Å². The standard InChI is InChI=1S/C9H10BrNO2/c10-8-4-2-1-3-7(8)6-13-9(12)5-11/h1-4H,5-6,11H2. The molecule has 70 valence electrons. The molecule has 4 heteroatoms. The van der Waals surface area contributed by atoms with Gasteiger partial charge in [-0.05, 0) is 6.07 Å². The highest BCUT2D eigenvalue weighted by atomic mass is 79.9. The van der Waals surface area contributed by atoms with Crippen molar-refractivity contribution in [3.63, 3.8) is 0 Å². The molecule has 3 nitrogen and oxygen atoms in total. The van der Waals surface area contributed by atoms with Gasteiger partial charge in [-0.25, -0.2) is 0 Å². The highest BCUT2D eigenvalue weighted by Crippen LogP contribution is 2.16. The van der Waals surface area contributed by atoms with E-state index in [1.165, 1.54) is 0 Å². The lowest BCUT2D eigenvalue weighted by Crippen LogP contribution is -2.16. The molecule has 13 heavy (non-hydrogen) atoms. The van der Waals surface area contributed by atoms with Crippen LogP contribution in [0.3, 0.4) is 0 Å². The number of benzene rings is 1. The van der Waals surface area contributed by atoms with Crippen molar-refractivity contribution in [2.24, 2.45) is 5.73 Å². The fourth-order valence-electron chi connectivity index (χ4n) is 0.833. The second kappa shape index (κ2) is 4.99. The van der Waals surface area contributed by atoms with Gasteiger partial charge in [-0.3, -0.25) is 4.79 Å². The van der Waals surface area contributed by atoms with Gasteiger partial charge < -0.3 is 10.5 Å². The predicted molar refractivity (Wildman–Crippen MR) is 53.0 cm³/mol. The molecule has 0 unspecified atom stereocenters. The van der Waals surface area contributed by atoms with Crippen LogP contribution in [0.1, 0.15) is 5.56 Å². The van der Waals surface area contributed by atoms with Crippen molar-refractivity contribution in [3.8, 4) is 0 Å². The number of esters is 1. The summed E-state index contributed by atoms with van der Waals surface area (Å²) in [6.45, 7) is 0.182. The molecule has 0 aliphatic heterocycles. The largest absolute Gasteiger partial charge is 0.460 e. The normalized spacial score (nSPS) is 9.69. The summed E-state index contributed by atoms with van der Waals surface area (Å²) in [6.07, 6.45) is 0. The van der Waals surface area contributed by atoms with Crippen molar-refractivity contribution in [1.82, 2.24) is 0 Å². The average Bonchev–Trinajstić information content (AvgIpc) is 2.16. The summed E-state index contributed by atoms with van der Waals surface area (Å²) >= 11 is 3.35. The molecule has 0 fully saturated rings. The number of carbonyl (C=O) groups is 1. The molecule has 0 radical (unpaired) electrons. The lowest BCUT2D eigenvalue weighted by Gasteiger charge is -2.04. The Morgan fingerprint density at radius 1 is 1.46 bits per heavy atom. The molecule has 0 amide bonds. The molecule has 0 saturated carbocycles. The molecule has 1 rings (SSSR count). The Morgan fingerprint density at radius 2 is 2.15 bits per heavy atom. The third kappa shape index (κ3) is 3.16. The van der Waals surface area contributed by atoms with E-state index in [2.05, 4.69) is 15.9 Å². The van der Waals surface area contributed by atoms with Crippen LogP contribution in [0.15, 0.2) is 28.7 Å². The molecule has 0 aliphatic carbocycles. The first-order chi connectivity index (χ1) is 6.24. The van der Waals surface area contributed by atoms with Gasteiger partial charge in [0.15, 0.2) is 0 Å². The van der Waals surface area contributed by atoms with Crippen LogP contribution in [-0.4, -0.2) is 12.5 Å². The number of ether oxygens (including phenoxy) is 1. The Balaban J connectivity index is 2.54. The number of hydrogen-bond acceptors (Lipinski definition) is 3. The SMILES string of the molecule is NCC(=O)OCc1ccccc1Br. The van der Waals surface area contributed by atoms with Gasteiger partial charge in [-0.2, -0.15) is 0 Å². The fourth-order valence-corrected chi connectivity index (χ4v) is 1.23. The van der Waals surface area contributed by atoms with Crippen LogP contribution >= 0.6 is 15.9 Å². The van der Waals surface area contributed by atoms with Crippen LogP contribution in [0.5, 0.6) is 0 Å². The highest BCUT2D eigenvalue weighted by molar-refractivity contribution is 9.10. The number of nitrogens with two attached hydrogens (primary N) is 1. The molecule has 0 bridgehead atoms. The van der Waals surface area contributed by atoms with E-state index in [1.54, 1.807) is 0 Å². The molecule has 0 atom stereocenters. The Morgan fingerprint density at radius 3 is 2.77 bits per heavy atom. The van der Waals surface area contributed by atoms with Crippen molar-refractivity contribution in [1.29, 1.82) is 0 Å². The molecule has 0 aromatic heterocycles. The van der Waals surface area contributed by atoms with E-state index in [1.807, 2.05) is 24.3 Å². The van der Waals surface area contributed by atoms with Crippen LogP contribution in [0.2, 0.25) is 0 Å². The quantitative estimate of drug-likeness (QED) is 0.818. The summed E-state index contributed by atoms with van der Waals surface area (Å²) in [5.41, 5.74) is 6.02. The van der Waals surface area contributed by atoms with Crippen molar-refractivity contribution in [3.05, 3.63) is 34.3 Å². The van der Waals surface area contributed by atoms with Crippen LogP contribution in [0.25, 0.3) is 0 Å². The van der Waals surface area contributed by atoms with E-state index in [0.29, 0.717) is 0 Å². The monoisotopic (exact) mass is 243 g/mol. The highest BCUT2D eigenvalue weighted by Gasteiger charge is 2.02. The molecular formula is C9H10BrNO2. The summed E-state index contributed by atoms with van der Waals surface area (Å²) < 4.78 is 5.79. The van der Waals surface area contributed by atoms with Crippen LogP contribution in [-0.2, 0) is 16.1 Å². The Hall–Kier alpha value is -0.870. The first-order valence-corrected chi connectivity index (χ1v) is 4.62. The number of halogens is 1. The Kier molecular flexibility index (Phi) is 3.92. The van der Waals surface area contributed by atoms with Gasteiger partial charge in [-0.15, -0.1) is 0 Å². The van der Waals surface area contributed by atoms with Gasteiger partial charge in [0.25, 0.3) is 0 Å². The lowest BCUT2D eigenvalue weighted by molar-refractivity contribution is -0.143. The van der Waals surface area contributed by atoms with Crippen molar-refractivity contribution in [2.45, 2.75) is 6.61 Å². The van der Waals surface area contributed by atoms with E-state index >= 15 is 0 Å². The van der Waals surface area contributed by atoms with Crippen molar-refractivity contribution in [2.75, 3.05) is 6.54 Å². The topological polar surface area (TPSA) is 52.3 Å². The van der Waals surface area contributed by atoms with Crippen LogP contribution < -0.4 is 5.73 Å². The third-order valence-electron chi connectivity index (χ3n) is 1.51. The maximum absolute atomic E-state index is 10.7. The zero-order valence-corrected chi connectivity index (χ0v) is 8.58. The van der Waals surface area contributed by atoms with Crippen LogP contribution in [0, 0.1) is 0 Å². The summed E-state index contributed by atoms with van der Waals surface area (Å²) in [7, 11) is 0. The van der Waals surface area contributed by atoms with Crippen molar-refractivity contribution >= 4 is 21.9 Å². The first kappa shape index (κ1) is 10.2. The minimum Gasteiger partial charge on any atom is -0.460 e. The Bertz CT molecular complexity index is 301. The molecule has 2 N–H and O–H groups in total. The summed E-state index contributed by atoms with van der Waals surface area (Å²) in [5, 5.41) is 0. The maximum atomic E-state index is 10.7. The zero-order chi connectivity index (χ0) is 9.68. The molecule has 0 spiro atoms. The van der Waals surface area contributed by atoms with Crippen molar-refractivity contribution < 1.29 is 9.53 Å². The Labute approximate surface area is 85.0 Å². The lowest BCUT2D eigenvalue weighted by atomic mass is 10.2. The third-order valence-corrected chi connectivity index (χ3v) is 2.29. The summed E-state index contributed by atoms with van der Waals surface area (Å²) in [4.78, 5) is 10.7. The second-order valence-electron chi connectivity index (χ2n) is 2.46. The van der Waals surface area contributed by atoms with Gasteiger partial charge >= 0.3 is 5.97 Å². The molecule has 0 heterocycles. The number of rotatable bonds is 3. The molecule has 1 aromatic rings. The van der Waals surface area contributed by atoms with Gasteiger partial charge in [0.1, 0.15) is 6.61 Å². The number of carbonyl (C=O) groups excluding carboxylic acids is 1. The van der Waals surface area contributed by atoms with E-state index in [4.69, 9.17) is 10.5 Å². The predicted octanol–water partition coefficient (Wildman–Crippen LogP) is 1.45. The number of hydrogen-bond donors (Lipinski definition) is 1. The molecule has 0 aliphatic rings. The van der Waals surface area contributed by atoms with Gasteiger partial charge in [0.05, 0.1) is 6.54 Å². The molecule has 0 saturated heterocycles. The van der Waals surface area contributed by atoms with E-state index in [9.17, 15) is 4.79 Å². The minimum atomic E-state index is -0.393. The van der Waals surface area contributed by atoms with E-state index in [-0.39, 0.29) is 13.2 Å². The van der Waals surface area contributed by atoms with E-state index in [0.717, 1.165) is 10.0 Å². The summed E-state index contributed by atoms with van der Waals surface area (Å²) in [5.74, 6) is -0.393. The molecule has 1 aromatic carbocycles. The average molecular weight is 244 g/mol. The second-order valence-corrected chi connectivity index (χ2v) is 3.31.